The Morgan fingerprint density at radius 2 is 1.80 bits per heavy atom. The summed E-state index contributed by atoms with van der Waals surface area (Å²) >= 11 is 11.8. The highest BCUT2D eigenvalue weighted by Gasteiger charge is 2.10. The van der Waals surface area contributed by atoms with Crippen LogP contribution in [-0.4, -0.2) is 10.5 Å². The minimum absolute atomic E-state index is 0.0603. The van der Waals surface area contributed by atoms with Gasteiger partial charge in [-0.3, -0.25) is 0 Å². The van der Waals surface area contributed by atoms with E-state index in [0.717, 1.165) is 5.82 Å². The molecule has 2 aromatic rings. The molecular formula is C15H16Cl2N2O. The first kappa shape index (κ1) is 14.9. The molecular weight excluding hydrogens is 295 g/mol. The van der Waals surface area contributed by atoms with Gasteiger partial charge in [0.2, 0.25) is 5.88 Å². The van der Waals surface area contributed by atoms with Gasteiger partial charge >= 0.3 is 0 Å². The smallest absolute Gasteiger partial charge is 0.221 e. The lowest BCUT2D eigenvalue weighted by atomic mass is 10.1. The topological polar surface area (TPSA) is 34.1 Å². The molecule has 2 rings (SSSR count). The van der Waals surface area contributed by atoms with Gasteiger partial charge in [0.15, 0.2) is 0 Å². The van der Waals surface area contributed by atoms with Crippen molar-refractivity contribution in [1.82, 2.24) is 4.98 Å². The molecule has 0 saturated heterocycles. The first-order valence-electron chi connectivity index (χ1n) is 6.22. The summed E-state index contributed by atoms with van der Waals surface area (Å²) in [5.41, 5.74) is -0.0603. The van der Waals surface area contributed by atoms with Gasteiger partial charge in [-0.2, -0.15) is 4.98 Å². The second-order valence-electron chi connectivity index (χ2n) is 5.41. The van der Waals surface area contributed by atoms with Gasteiger partial charge in [0.25, 0.3) is 0 Å². The third-order valence-electron chi connectivity index (χ3n) is 2.34. The van der Waals surface area contributed by atoms with Gasteiger partial charge < -0.3 is 10.1 Å². The minimum atomic E-state index is -0.0603. The van der Waals surface area contributed by atoms with Crippen molar-refractivity contribution in [3.63, 3.8) is 0 Å². The van der Waals surface area contributed by atoms with Crippen molar-refractivity contribution in [3.8, 4) is 11.6 Å². The lowest BCUT2D eigenvalue weighted by Crippen LogP contribution is -2.26. The maximum atomic E-state index is 5.95. The molecule has 0 radical (unpaired) electrons. The van der Waals surface area contributed by atoms with E-state index in [0.29, 0.717) is 21.7 Å². The SMILES string of the molecule is CC(C)(C)Nc1cccc(Oc2ccc(Cl)c(Cl)c2)n1. The summed E-state index contributed by atoms with van der Waals surface area (Å²) in [6, 6.07) is 10.7. The average molecular weight is 311 g/mol. The van der Waals surface area contributed by atoms with Crippen molar-refractivity contribution in [2.24, 2.45) is 0 Å². The van der Waals surface area contributed by atoms with Crippen LogP contribution in [0.3, 0.4) is 0 Å². The Bertz CT molecular complexity index is 609. The van der Waals surface area contributed by atoms with E-state index in [1.165, 1.54) is 0 Å². The zero-order valence-corrected chi connectivity index (χ0v) is 13.1. The van der Waals surface area contributed by atoms with Gasteiger partial charge in [-0.25, -0.2) is 0 Å². The van der Waals surface area contributed by atoms with Crippen LogP contribution >= 0.6 is 23.2 Å². The van der Waals surface area contributed by atoms with Crippen molar-refractivity contribution >= 4 is 29.0 Å². The number of pyridine rings is 1. The number of hydrogen-bond donors (Lipinski definition) is 1. The molecule has 0 spiro atoms. The molecule has 3 nitrogen and oxygen atoms in total. The average Bonchev–Trinajstić information content (AvgIpc) is 2.32. The van der Waals surface area contributed by atoms with Crippen LogP contribution in [-0.2, 0) is 0 Å². The van der Waals surface area contributed by atoms with Gasteiger partial charge in [0, 0.05) is 17.7 Å². The predicted octanol–water partition coefficient (Wildman–Crippen LogP) is 5.39. The van der Waals surface area contributed by atoms with E-state index in [1.807, 2.05) is 12.1 Å². The Labute approximate surface area is 128 Å². The normalized spacial score (nSPS) is 11.2. The number of nitrogens with zero attached hydrogens (tertiary/aromatic N) is 1. The van der Waals surface area contributed by atoms with Gasteiger partial charge in [-0.05, 0) is 39.0 Å². The standard InChI is InChI=1S/C15H16Cl2N2O/c1-15(2,3)19-13-5-4-6-14(18-13)20-10-7-8-11(16)12(17)9-10/h4-9H,1-3H3,(H,18,19). The number of ether oxygens (including phenoxy) is 1. The fourth-order valence-electron chi connectivity index (χ4n) is 1.59. The number of aromatic nitrogens is 1. The molecule has 0 saturated carbocycles. The fourth-order valence-corrected chi connectivity index (χ4v) is 1.87. The molecule has 0 aliphatic rings. The molecule has 0 aliphatic heterocycles. The molecule has 1 aromatic heterocycles. The maximum Gasteiger partial charge on any atom is 0.221 e. The van der Waals surface area contributed by atoms with Crippen LogP contribution in [0.1, 0.15) is 20.8 Å². The lowest BCUT2D eigenvalue weighted by Gasteiger charge is -2.21. The van der Waals surface area contributed by atoms with E-state index in [1.54, 1.807) is 24.3 Å². The van der Waals surface area contributed by atoms with Crippen molar-refractivity contribution < 1.29 is 4.74 Å². The highest BCUT2D eigenvalue weighted by molar-refractivity contribution is 6.42. The second kappa shape index (κ2) is 5.90. The summed E-state index contributed by atoms with van der Waals surface area (Å²) in [5.74, 6) is 1.85. The monoisotopic (exact) mass is 310 g/mol. The molecule has 1 N–H and O–H groups in total. The highest BCUT2D eigenvalue weighted by atomic mass is 35.5. The Balaban J connectivity index is 2.17. The maximum absolute atomic E-state index is 5.95. The van der Waals surface area contributed by atoms with Crippen LogP contribution in [0.25, 0.3) is 0 Å². The number of benzene rings is 1. The Morgan fingerprint density at radius 3 is 2.45 bits per heavy atom. The molecule has 0 amide bonds. The van der Waals surface area contributed by atoms with Crippen LogP contribution < -0.4 is 10.1 Å². The summed E-state index contributed by atoms with van der Waals surface area (Å²) in [6.07, 6.45) is 0. The summed E-state index contributed by atoms with van der Waals surface area (Å²) in [5, 5.41) is 4.24. The molecule has 0 bridgehead atoms. The predicted molar refractivity (Wildman–Crippen MR) is 84.1 cm³/mol. The van der Waals surface area contributed by atoms with Crippen LogP contribution in [0.5, 0.6) is 11.6 Å². The minimum Gasteiger partial charge on any atom is -0.439 e. The van der Waals surface area contributed by atoms with Crippen LogP contribution in [0.15, 0.2) is 36.4 Å². The van der Waals surface area contributed by atoms with E-state index >= 15 is 0 Å². The Kier molecular flexibility index (Phi) is 4.41. The van der Waals surface area contributed by atoms with Gasteiger partial charge in [0.05, 0.1) is 10.0 Å². The zero-order valence-electron chi connectivity index (χ0n) is 11.6. The molecule has 20 heavy (non-hydrogen) atoms. The van der Waals surface area contributed by atoms with Gasteiger partial charge in [-0.15, -0.1) is 0 Å². The van der Waals surface area contributed by atoms with Crippen LogP contribution in [0, 0.1) is 0 Å². The molecule has 106 valence electrons. The summed E-state index contributed by atoms with van der Waals surface area (Å²) in [4.78, 5) is 4.40. The summed E-state index contributed by atoms with van der Waals surface area (Å²) < 4.78 is 5.68. The number of nitrogens with one attached hydrogen (secondary N) is 1. The quantitative estimate of drug-likeness (QED) is 0.825. The van der Waals surface area contributed by atoms with E-state index in [9.17, 15) is 0 Å². The third kappa shape index (κ3) is 4.29. The van der Waals surface area contributed by atoms with E-state index in [2.05, 4.69) is 31.1 Å². The van der Waals surface area contributed by atoms with Crippen molar-refractivity contribution in [2.75, 3.05) is 5.32 Å². The third-order valence-corrected chi connectivity index (χ3v) is 3.08. The number of anilines is 1. The first-order chi connectivity index (χ1) is 9.33. The number of rotatable bonds is 3. The van der Waals surface area contributed by atoms with Crippen LogP contribution in [0.2, 0.25) is 10.0 Å². The Morgan fingerprint density at radius 1 is 1.05 bits per heavy atom. The van der Waals surface area contributed by atoms with E-state index < -0.39 is 0 Å². The van der Waals surface area contributed by atoms with E-state index in [-0.39, 0.29) is 5.54 Å². The number of halogens is 2. The Hall–Kier alpha value is -1.45. The fraction of sp³-hybridized carbons (Fsp3) is 0.267. The summed E-state index contributed by atoms with van der Waals surface area (Å²) in [7, 11) is 0. The molecule has 0 aliphatic carbocycles. The van der Waals surface area contributed by atoms with Gasteiger partial charge in [0.1, 0.15) is 11.6 Å². The first-order valence-corrected chi connectivity index (χ1v) is 6.97. The lowest BCUT2D eigenvalue weighted by molar-refractivity contribution is 0.463. The second-order valence-corrected chi connectivity index (χ2v) is 6.23. The molecule has 0 unspecified atom stereocenters. The van der Waals surface area contributed by atoms with E-state index in [4.69, 9.17) is 27.9 Å². The molecule has 1 aromatic carbocycles. The van der Waals surface area contributed by atoms with Crippen molar-refractivity contribution in [1.29, 1.82) is 0 Å². The van der Waals surface area contributed by atoms with Crippen LogP contribution in [0.4, 0.5) is 5.82 Å². The van der Waals surface area contributed by atoms with Crippen molar-refractivity contribution in [2.45, 2.75) is 26.3 Å². The number of hydrogen-bond acceptors (Lipinski definition) is 3. The highest BCUT2D eigenvalue weighted by Crippen LogP contribution is 2.29. The molecule has 0 fully saturated rings. The molecule has 5 heteroatoms. The zero-order chi connectivity index (χ0) is 14.8. The summed E-state index contributed by atoms with van der Waals surface area (Å²) in [6.45, 7) is 6.21. The molecule has 1 heterocycles. The molecule has 0 atom stereocenters. The van der Waals surface area contributed by atoms with Gasteiger partial charge in [-0.1, -0.05) is 29.3 Å². The van der Waals surface area contributed by atoms with Crippen molar-refractivity contribution in [3.05, 3.63) is 46.4 Å². The largest absolute Gasteiger partial charge is 0.439 e.